The third-order valence-corrected chi connectivity index (χ3v) is 4.02. The van der Waals surface area contributed by atoms with Gasteiger partial charge in [0.2, 0.25) is 10.0 Å². The average Bonchev–Trinajstić information content (AvgIpc) is 2.23. The van der Waals surface area contributed by atoms with Crippen molar-refractivity contribution in [3.8, 4) is 0 Å². The molecular formula is C11H15BrFNO3S. The Labute approximate surface area is 115 Å². The van der Waals surface area contributed by atoms with Crippen LogP contribution in [0.25, 0.3) is 0 Å². The van der Waals surface area contributed by atoms with Gasteiger partial charge in [0, 0.05) is 11.0 Å². The van der Waals surface area contributed by atoms with E-state index in [9.17, 15) is 12.8 Å². The summed E-state index contributed by atoms with van der Waals surface area (Å²) in [6.45, 7) is 4.05. The molecule has 1 aromatic rings. The van der Waals surface area contributed by atoms with Crippen LogP contribution in [-0.4, -0.2) is 27.7 Å². The van der Waals surface area contributed by atoms with Crippen molar-refractivity contribution in [2.45, 2.75) is 24.8 Å². The fraction of sp³-hybridized carbons (Fsp3) is 0.455. The monoisotopic (exact) mass is 339 g/mol. The van der Waals surface area contributed by atoms with Crippen LogP contribution in [0.4, 0.5) is 4.39 Å². The summed E-state index contributed by atoms with van der Waals surface area (Å²) in [5.41, 5.74) is 0. The molecule has 0 atom stereocenters. The lowest BCUT2D eigenvalue weighted by molar-refractivity contribution is 0.0834. The number of hydrogen-bond donors (Lipinski definition) is 1. The number of benzene rings is 1. The standard InChI is InChI=1S/C11H15BrFNO3S/c1-8(2)17-6-5-14-18(15,16)11-4-3-9(12)7-10(11)13/h3-4,7-8,14H,5-6H2,1-2H3. The first kappa shape index (κ1) is 15.6. The summed E-state index contributed by atoms with van der Waals surface area (Å²) in [5, 5.41) is 0. The van der Waals surface area contributed by atoms with Crippen LogP contribution in [0.2, 0.25) is 0 Å². The molecular weight excluding hydrogens is 325 g/mol. The summed E-state index contributed by atoms with van der Waals surface area (Å²) >= 11 is 3.07. The Morgan fingerprint density at radius 3 is 2.67 bits per heavy atom. The van der Waals surface area contributed by atoms with Gasteiger partial charge in [0.1, 0.15) is 10.7 Å². The van der Waals surface area contributed by atoms with E-state index >= 15 is 0 Å². The molecule has 0 aliphatic rings. The molecule has 18 heavy (non-hydrogen) atoms. The molecule has 0 aliphatic heterocycles. The maximum atomic E-state index is 13.5. The van der Waals surface area contributed by atoms with E-state index in [1.165, 1.54) is 12.1 Å². The molecule has 0 unspecified atom stereocenters. The minimum Gasteiger partial charge on any atom is -0.377 e. The number of ether oxygens (including phenoxy) is 1. The molecule has 0 spiro atoms. The molecule has 0 bridgehead atoms. The second-order valence-electron chi connectivity index (χ2n) is 3.89. The summed E-state index contributed by atoms with van der Waals surface area (Å²) in [4.78, 5) is -0.366. The maximum Gasteiger partial charge on any atom is 0.243 e. The van der Waals surface area contributed by atoms with Crippen LogP contribution in [0.3, 0.4) is 0 Å². The van der Waals surface area contributed by atoms with Crippen molar-refractivity contribution < 1.29 is 17.5 Å². The van der Waals surface area contributed by atoms with Gasteiger partial charge in [0.15, 0.2) is 0 Å². The Bertz CT molecular complexity index is 505. The van der Waals surface area contributed by atoms with Gasteiger partial charge in [0.25, 0.3) is 0 Å². The third-order valence-electron chi connectivity index (χ3n) is 2.03. The molecule has 1 N–H and O–H groups in total. The van der Waals surface area contributed by atoms with Crippen molar-refractivity contribution in [3.05, 3.63) is 28.5 Å². The lowest BCUT2D eigenvalue weighted by Gasteiger charge is -2.10. The zero-order valence-electron chi connectivity index (χ0n) is 10.1. The lowest BCUT2D eigenvalue weighted by atomic mass is 10.3. The maximum absolute atomic E-state index is 13.5. The minimum absolute atomic E-state index is 0.0268. The summed E-state index contributed by atoms with van der Waals surface area (Å²) in [6, 6.07) is 3.80. The number of rotatable bonds is 6. The highest BCUT2D eigenvalue weighted by molar-refractivity contribution is 9.10. The predicted molar refractivity (Wildman–Crippen MR) is 70.4 cm³/mol. The highest BCUT2D eigenvalue weighted by atomic mass is 79.9. The second kappa shape index (κ2) is 6.60. The number of halogens is 2. The van der Waals surface area contributed by atoms with Gasteiger partial charge < -0.3 is 4.74 Å². The van der Waals surface area contributed by atoms with E-state index < -0.39 is 15.8 Å². The number of nitrogens with one attached hydrogen (secondary N) is 1. The Kier molecular flexibility index (Phi) is 5.71. The van der Waals surface area contributed by atoms with Gasteiger partial charge in [0.05, 0.1) is 12.7 Å². The van der Waals surface area contributed by atoms with Crippen molar-refractivity contribution in [1.82, 2.24) is 4.72 Å². The highest BCUT2D eigenvalue weighted by Crippen LogP contribution is 2.18. The molecule has 0 radical (unpaired) electrons. The van der Waals surface area contributed by atoms with Gasteiger partial charge in [-0.05, 0) is 32.0 Å². The predicted octanol–water partition coefficient (Wildman–Crippen LogP) is 2.29. The first-order valence-electron chi connectivity index (χ1n) is 5.39. The first-order valence-corrected chi connectivity index (χ1v) is 7.67. The Hall–Kier alpha value is -0.500. The van der Waals surface area contributed by atoms with Crippen LogP contribution >= 0.6 is 15.9 Å². The molecule has 0 amide bonds. The van der Waals surface area contributed by atoms with E-state index in [1.54, 1.807) is 0 Å². The first-order chi connectivity index (χ1) is 8.33. The molecule has 4 nitrogen and oxygen atoms in total. The number of hydrogen-bond acceptors (Lipinski definition) is 3. The normalized spacial score (nSPS) is 12.1. The van der Waals surface area contributed by atoms with Crippen LogP contribution in [0.1, 0.15) is 13.8 Å². The fourth-order valence-corrected chi connectivity index (χ4v) is 2.65. The summed E-state index contributed by atoms with van der Waals surface area (Å²) in [7, 11) is -3.83. The van der Waals surface area contributed by atoms with Crippen LogP contribution in [0, 0.1) is 5.82 Å². The fourth-order valence-electron chi connectivity index (χ4n) is 1.24. The second-order valence-corrected chi connectivity index (χ2v) is 6.54. The average molecular weight is 340 g/mol. The summed E-state index contributed by atoms with van der Waals surface area (Å²) < 4.78 is 45.0. The Morgan fingerprint density at radius 1 is 1.44 bits per heavy atom. The van der Waals surface area contributed by atoms with Crippen LogP contribution in [-0.2, 0) is 14.8 Å². The third kappa shape index (κ3) is 4.64. The van der Waals surface area contributed by atoms with Crippen molar-refractivity contribution >= 4 is 26.0 Å². The quantitative estimate of drug-likeness (QED) is 0.809. The largest absolute Gasteiger partial charge is 0.377 e. The van der Waals surface area contributed by atoms with E-state index in [1.807, 2.05) is 13.8 Å². The van der Waals surface area contributed by atoms with Crippen molar-refractivity contribution in [3.63, 3.8) is 0 Å². The molecule has 102 valence electrons. The van der Waals surface area contributed by atoms with E-state index in [0.717, 1.165) is 6.07 Å². The Morgan fingerprint density at radius 2 is 2.11 bits per heavy atom. The molecule has 0 heterocycles. The molecule has 0 saturated heterocycles. The van der Waals surface area contributed by atoms with Gasteiger partial charge >= 0.3 is 0 Å². The van der Waals surface area contributed by atoms with E-state index in [2.05, 4.69) is 20.7 Å². The molecule has 0 fully saturated rings. The summed E-state index contributed by atoms with van der Waals surface area (Å²) in [6.07, 6.45) is 0.0268. The van der Waals surface area contributed by atoms with E-state index in [4.69, 9.17) is 4.74 Å². The van der Waals surface area contributed by atoms with Gasteiger partial charge in [-0.25, -0.2) is 17.5 Å². The van der Waals surface area contributed by atoms with Crippen LogP contribution < -0.4 is 4.72 Å². The lowest BCUT2D eigenvalue weighted by Crippen LogP contribution is -2.28. The minimum atomic E-state index is -3.83. The molecule has 1 rings (SSSR count). The van der Waals surface area contributed by atoms with E-state index in [-0.39, 0.29) is 24.2 Å². The van der Waals surface area contributed by atoms with Crippen molar-refractivity contribution in [2.24, 2.45) is 0 Å². The zero-order valence-corrected chi connectivity index (χ0v) is 12.5. The molecule has 1 aromatic carbocycles. The van der Waals surface area contributed by atoms with Crippen molar-refractivity contribution in [2.75, 3.05) is 13.2 Å². The van der Waals surface area contributed by atoms with Crippen LogP contribution in [0.5, 0.6) is 0 Å². The smallest absolute Gasteiger partial charge is 0.243 e. The molecule has 0 aliphatic carbocycles. The molecule has 0 saturated carbocycles. The van der Waals surface area contributed by atoms with E-state index in [0.29, 0.717) is 4.47 Å². The van der Waals surface area contributed by atoms with Crippen molar-refractivity contribution in [1.29, 1.82) is 0 Å². The topological polar surface area (TPSA) is 55.4 Å². The van der Waals surface area contributed by atoms with Gasteiger partial charge in [-0.2, -0.15) is 0 Å². The SMILES string of the molecule is CC(C)OCCNS(=O)(=O)c1ccc(Br)cc1F. The van der Waals surface area contributed by atoms with Gasteiger partial charge in [-0.15, -0.1) is 0 Å². The molecule has 7 heteroatoms. The Balaban J connectivity index is 2.69. The highest BCUT2D eigenvalue weighted by Gasteiger charge is 2.18. The van der Waals surface area contributed by atoms with Gasteiger partial charge in [-0.3, -0.25) is 0 Å². The number of sulfonamides is 1. The zero-order chi connectivity index (χ0) is 13.8. The molecule has 0 aromatic heterocycles. The van der Waals surface area contributed by atoms with Crippen LogP contribution in [0.15, 0.2) is 27.6 Å². The summed E-state index contributed by atoms with van der Waals surface area (Å²) in [5.74, 6) is -0.790. The van der Waals surface area contributed by atoms with Gasteiger partial charge in [-0.1, -0.05) is 15.9 Å².